The van der Waals surface area contributed by atoms with Crippen LogP contribution in [0.25, 0.3) is 10.8 Å². The molecule has 2 aromatic rings. The minimum atomic E-state index is -0.715. The third-order valence-corrected chi connectivity index (χ3v) is 4.96. The number of nitrogens with zero attached hydrogens (tertiary/aromatic N) is 1. The fraction of sp³-hybridized carbons (Fsp3) is 0.412. The molecule has 0 bridgehead atoms. The number of likely N-dealkylation sites (tertiary alicyclic amines) is 1. The first-order valence-corrected chi connectivity index (χ1v) is 7.95. The molecule has 1 saturated heterocycles. The molecule has 2 fully saturated rings. The first kappa shape index (κ1) is 14.3. The Hall–Kier alpha value is -2.34. The maximum atomic E-state index is 12.5. The molecule has 3 N–H and O–H groups in total. The molecule has 120 valence electrons. The fourth-order valence-corrected chi connectivity index (χ4v) is 3.47. The Balaban J connectivity index is 1.56. The average molecular weight is 313 g/mol. The van der Waals surface area contributed by atoms with Crippen molar-refractivity contribution < 1.29 is 9.90 Å². The lowest BCUT2D eigenvalue weighted by molar-refractivity contribution is 0.0306. The Labute approximate surface area is 133 Å². The molecule has 6 nitrogen and oxygen atoms in total. The van der Waals surface area contributed by atoms with Crippen LogP contribution in [0.2, 0.25) is 0 Å². The lowest BCUT2D eigenvalue weighted by atomic mass is 9.97. The number of hydrogen-bond acceptors (Lipinski definition) is 3. The highest BCUT2D eigenvalue weighted by molar-refractivity contribution is 6.01. The molecule has 1 unspecified atom stereocenters. The monoisotopic (exact) mass is 313 g/mol. The van der Waals surface area contributed by atoms with E-state index >= 15 is 0 Å². The minimum absolute atomic E-state index is 0.178. The average Bonchev–Trinajstić information content (AvgIpc) is 3.32. The van der Waals surface area contributed by atoms with Crippen molar-refractivity contribution in [3.8, 4) is 0 Å². The Kier molecular flexibility index (Phi) is 3.16. The van der Waals surface area contributed by atoms with Crippen LogP contribution in [-0.2, 0) is 0 Å². The number of hydrogen-bond donors (Lipinski definition) is 3. The van der Waals surface area contributed by atoms with E-state index in [1.54, 1.807) is 35.4 Å². The van der Waals surface area contributed by atoms with Crippen molar-refractivity contribution in [3.63, 3.8) is 0 Å². The summed E-state index contributed by atoms with van der Waals surface area (Å²) < 4.78 is 0. The van der Waals surface area contributed by atoms with E-state index in [1.165, 1.54) is 0 Å². The molecule has 4 rings (SSSR count). The number of amides is 2. The number of benzene rings is 1. The number of H-pyrrole nitrogens is 1. The van der Waals surface area contributed by atoms with Crippen LogP contribution in [-0.4, -0.2) is 39.7 Å². The lowest BCUT2D eigenvalue weighted by Crippen LogP contribution is -2.39. The molecule has 1 aliphatic heterocycles. The predicted molar refractivity (Wildman–Crippen MR) is 87.5 cm³/mol. The van der Waals surface area contributed by atoms with Crippen LogP contribution in [0.4, 0.5) is 10.5 Å². The van der Waals surface area contributed by atoms with Gasteiger partial charge in [0.05, 0.1) is 17.8 Å². The number of carbonyl (C=O) groups excluding carboxylic acids is 1. The Bertz CT molecular complexity index is 827. The van der Waals surface area contributed by atoms with E-state index in [0.29, 0.717) is 41.9 Å². The van der Waals surface area contributed by atoms with Gasteiger partial charge in [0, 0.05) is 23.5 Å². The molecule has 0 spiro atoms. The van der Waals surface area contributed by atoms with Crippen molar-refractivity contribution in [2.24, 2.45) is 5.92 Å². The lowest BCUT2D eigenvalue weighted by Gasteiger charge is -2.23. The number of aliphatic hydroxyl groups is 1. The first-order chi connectivity index (χ1) is 11.1. The summed E-state index contributed by atoms with van der Waals surface area (Å²) in [5.41, 5.74) is -0.281. The number of anilines is 1. The maximum Gasteiger partial charge on any atom is 0.321 e. The third-order valence-electron chi connectivity index (χ3n) is 4.96. The summed E-state index contributed by atoms with van der Waals surface area (Å²) >= 11 is 0. The molecule has 2 aliphatic rings. The molecule has 1 aromatic carbocycles. The van der Waals surface area contributed by atoms with Crippen molar-refractivity contribution >= 4 is 22.5 Å². The van der Waals surface area contributed by atoms with Crippen LogP contribution in [0.1, 0.15) is 19.3 Å². The number of fused-ring (bicyclic) bond motifs is 1. The highest BCUT2D eigenvalue weighted by Crippen LogP contribution is 2.44. The predicted octanol–water partition coefficient (Wildman–Crippen LogP) is 1.91. The van der Waals surface area contributed by atoms with Crippen LogP contribution in [0, 0.1) is 5.92 Å². The van der Waals surface area contributed by atoms with E-state index < -0.39 is 5.60 Å². The second-order valence-electron chi connectivity index (χ2n) is 6.55. The summed E-state index contributed by atoms with van der Waals surface area (Å²) in [6.45, 7) is 0.943. The van der Waals surface area contributed by atoms with Gasteiger partial charge in [-0.05, 0) is 43.4 Å². The summed E-state index contributed by atoms with van der Waals surface area (Å²) in [7, 11) is 0. The standard InChI is InChI=1S/C17H19N3O3/c21-15-13-2-1-3-14(12(13)6-8-18-15)19-16(22)20-9-7-17(23,10-20)11-4-5-11/h1-3,6,8,11,23H,4-5,7,9-10H2,(H,18,21)(H,19,22). The van der Waals surface area contributed by atoms with Gasteiger partial charge in [0.25, 0.3) is 5.56 Å². The molecule has 2 heterocycles. The molecular formula is C17H19N3O3. The van der Waals surface area contributed by atoms with Crippen molar-refractivity contribution in [1.82, 2.24) is 9.88 Å². The van der Waals surface area contributed by atoms with Gasteiger partial charge in [-0.2, -0.15) is 0 Å². The molecule has 1 saturated carbocycles. The van der Waals surface area contributed by atoms with Gasteiger partial charge in [-0.25, -0.2) is 4.79 Å². The highest BCUT2D eigenvalue weighted by Gasteiger charge is 2.48. The van der Waals surface area contributed by atoms with Crippen LogP contribution >= 0.6 is 0 Å². The van der Waals surface area contributed by atoms with Crippen LogP contribution < -0.4 is 10.9 Å². The Morgan fingerprint density at radius 3 is 2.91 bits per heavy atom. The normalized spacial score (nSPS) is 24.1. The maximum absolute atomic E-state index is 12.5. The number of urea groups is 1. The zero-order chi connectivity index (χ0) is 16.0. The zero-order valence-corrected chi connectivity index (χ0v) is 12.7. The topological polar surface area (TPSA) is 85.4 Å². The Morgan fingerprint density at radius 1 is 1.30 bits per heavy atom. The molecule has 1 aliphatic carbocycles. The van der Waals surface area contributed by atoms with Crippen LogP contribution in [0.5, 0.6) is 0 Å². The molecule has 2 amide bonds. The molecule has 6 heteroatoms. The second-order valence-corrected chi connectivity index (χ2v) is 6.55. The first-order valence-electron chi connectivity index (χ1n) is 7.95. The molecule has 0 radical (unpaired) electrons. The SMILES string of the molecule is O=C(Nc1cccc2c(=O)[nH]ccc12)N1CCC(O)(C2CC2)C1. The van der Waals surface area contributed by atoms with E-state index in [4.69, 9.17) is 0 Å². The van der Waals surface area contributed by atoms with Gasteiger partial charge in [0.1, 0.15) is 0 Å². The van der Waals surface area contributed by atoms with Gasteiger partial charge in [0.2, 0.25) is 0 Å². The molecule has 1 aromatic heterocycles. The minimum Gasteiger partial charge on any atom is -0.388 e. The van der Waals surface area contributed by atoms with E-state index in [1.807, 2.05) is 0 Å². The van der Waals surface area contributed by atoms with Gasteiger partial charge in [-0.3, -0.25) is 4.79 Å². The summed E-state index contributed by atoms with van der Waals surface area (Å²) in [5.74, 6) is 0.344. The van der Waals surface area contributed by atoms with E-state index in [2.05, 4.69) is 10.3 Å². The zero-order valence-electron chi connectivity index (χ0n) is 12.7. The van der Waals surface area contributed by atoms with Crippen molar-refractivity contribution in [2.45, 2.75) is 24.9 Å². The summed E-state index contributed by atoms with van der Waals surface area (Å²) in [5, 5.41) is 14.7. The van der Waals surface area contributed by atoms with Crippen LogP contribution in [0.15, 0.2) is 35.3 Å². The number of aromatic amines is 1. The van der Waals surface area contributed by atoms with Gasteiger partial charge in [-0.1, -0.05) is 6.07 Å². The Morgan fingerprint density at radius 2 is 2.13 bits per heavy atom. The van der Waals surface area contributed by atoms with Gasteiger partial charge in [-0.15, -0.1) is 0 Å². The largest absolute Gasteiger partial charge is 0.388 e. The number of rotatable bonds is 2. The summed E-state index contributed by atoms with van der Waals surface area (Å²) in [6, 6.07) is 6.80. The molecule has 1 atom stereocenters. The van der Waals surface area contributed by atoms with Crippen molar-refractivity contribution in [3.05, 3.63) is 40.8 Å². The summed E-state index contributed by atoms with van der Waals surface area (Å²) in [4.78, 5) is 28.6. The van der Waals surface area contributed by atoms with Gasteiger partial charge in [0.15, 0.2) is 0 Å². The molecular weight excluding hydrogens is 294 g/mol. The van der Waals surface area contributed by atoms with Crippen LogP contribution in [0.3, 0.4) is 0 Å². The van der Waals surface area contributed by atoms with Crippen molar-refractivity contribution in [2.75, 3.05) is 18.4 Å². The number of pyridine rings is 1. The van der Waals surface area contributed by atoms with Gasteiger partial charge >= 0.3 is 6.03 Å². The van der Waals surface area contributed by atoms with Gasteiger partial charge < -0.3 is 20.3 Å². The molecule has 23 heavy (non-hydrogen) atoms. The van der Waals surface area contributed by atoms with E-state index in [9.17, 15) is 14.7 Å². The third kappa shape index (κ3) is 2.49. The van der Waals surface area contributed by atoms with Crippen molar-refractivity contribution in [1.29, 1.82) is 0 Å². The van der Waals surface area contributed by atoms with E-state index in [-0.39, 0.29) is 11.6 Å². The highest BCUT2D eigenvalue weighted by atomic mass is 16.3. The fourth-order valence-electron chi connectivity index (χ4n) is 3.47. The number of nitrogens with one attached hydrogen (secondary N) is 2. The summed E-state index contributed by atoms with van der Waals surface area (Å²) in [6.07, 6.45) is 4.32. The number of carbonyl (C=O) groups is 1. The number of aromatic nitrogens is 1. The second kappa shape index (κ2) is 5.09. The number of β-amino-alcohol motifs (C(OH)–C–C–N with tert-alkyl or cyclic N) is 1. The smallest absolute Gasteiger partial charge is 0.321 e. The quantitative estimate of drug-likeness (QED) is 0.791. The van der Waals surface area contributed by atoms with E-state index in [0.717, 1.165) is 12.8 Å².